The van der Waals surface area contributed by atoms with Gasteiger partial charge in [0.2, 0.25) is 5.91 Å². The molecule has 0 saturated carbocycles. The van der Waals surface area contributed by atoms with E-state index in [9.17, 15) is 9.59 Å². The van der Waals surface area contributed by atoms with Gasteiger partial charge < -0.3 is 5.32 Å². The highest BCUT2D eigenvalue weighted by molar-refractivity contribution is 5.97. The number of hydrogen-bond acceptors (Lipinski definition) is 2. The standard InChI is InChI=1S/C11H12N2O2/c14-10-7-9(12-11(15)13-10)6-8-4-2-1-3-5-8/h1-5,9H,6-7H2,(H2,12,13,14,15). The molecule has 2 rings (SSSR count). The molecule has 0 aromatic heterocycles. The molecular formula is C11H12N2O2. The Balaban J connectivity index is 2.00. The lowest BCUT2D eigenvalue weighted by molar-refractivity contribution is -0.121. The number of urea groups is 1. The quantitative estimate of drug-likeness (QED) is 0.749. The summed E-state index contributed by atoms with van der Waals surface area (Å²) in [7, 11) is 0. The molecule has 0 bridgehead atoms. The summed E-state index contributed by atoms with van der Waals surface area (Å²) in [5.74, 6) is -0.209. The molecule has 4 nitrogen and oxygen atoms in total. The minimum Gasteiger partial charge on any atom is -0.334 e. The number of benzene rings is 1. The lowest BCUT2D eigenvalue weighted by Crippen LogP contribution is -2.52. The van der Waals surface area contributed by atoms with Crippen LogP contribution in [0.4, 0.5) is 4.79 Å². The van der Waals surface area contributed by atoms with Crippen molar-refractivity contribution in [1.29, 1.82) is 0 Å². The van der Waals surface area contributed by atoms with Gasteiger partial charge >= 0.3 is 6.03 Å². The molecule has 4 heteroatoms. The Morgan fingerprint density at radius 1 is 1.20 bits per heavy atom. The van der Waals surface area contributed by atoms with E-state index in [1.165, 1.54) is 0 Å². The summed E-state index contributed by atoms with van der Waals surface area (Å²) < 4.78 is 0. The molecule has 3 amide bonds. The van der Waals surface area contributed by atoms with Gasteiger partial charge in [0.25, 0.3) is 0 Å². The van der Waals surface area contributed by atoms with Gasteiger partial charge in [-0.25, -0.2) is 4.79 Å². The van der Waals surface area contributed by atoms with Crippen molar-refractivity contribution in [2.45, 2.75) is 18.9 Å². The van der Waals surface area contributed by atoms with E-state index in [1.807, 2.05) is 30.3 Å². The van der Waals surface area contributed by atoms with Crippen molar-refractivity contribution in [2.75, 3.05) is 0 Å². The SMILES string of the molecule is O=C1CC(Cc2ccccc2)NC(=O)N1. The second-order valence-corrected chi connectivity index (χ2v) is 3.61. The third-order valence-corrected chi connectivity index (χ3v) is 2.34. The van der Waals surface area contributed by atoms with Crippen LogP contribution >= 0.6 is 0 Å². The van der Waals surface area contributed by atoms with Gasteiger partial charge in [-0.1, -0.05) is 30.3 Å². The zero-order chi connectivity index (χ0) is 10.7. The van der Waals surface area contributed by atoms with Gasteiger partial charge in [0.05, 0.1) is 0 Å². The number of rotatable bonds is 2. The zero-order valence-corrected chi connectivity index (χ0v) is 8.19. The molecule has 1 saturated heterocycles. The Morgan fingerprint density at radius 3 is 2.60 bits per heavy atom. The van der Waals surface area contributed by atoms with Crippen molar-refractivity contribution in [3.8, 4) is 0 Å². The van der Waals surface area contributed by atoms with E-state index in [4.69, 9.17) is 0 Å². The first kappa shape index (κ1) is 9.71. The van der Waals surface area contributed by atoms with E-state index < -0.39 is 6.03 Å². The number of amides is 3. The first-order valence-corrected chi connectivity index (χ1v) is 4.88. The van der Waals surface area contributed by atoms with Crippen LogP contribution in [0.5, 0.6) is 0 Å². The Bertz CT molecular complexity index is 359. The molecular weight excluding hydrogens is 192 g/mol. The van der Waals surface area contributed by atoms with Gasteiger partial charge in [0.1, 0.15) is 0 Å². The first-order valence-electron chi connectivity index (χ1n) is 4.88. The molecule has 78 valence electrons. The average molecular weight is 204 g/mol. The number of carbonyl (C=O) groups excluding carboxylic acids is 2. The van der Waals surface area contributed by atoms with Gasteiger partial charge in [-0.15, -0.1) is 0 Å². The molecule has 1 aromatic carbocycles. The molecule has 2 N–H and O–H groups in total. The Morgan fingerprint density at radius 2 is 1.93 bits per heavy atom. The summed E-state index contributed by atoms with van der Waals surface area (Å²) in [5.41, 5.74) is 1.12. The van der Waals surface area contributed by atoms with Crippen molar-refractivity contribution in [3.63, 3.8) is 0 Å². The van der Waals surface area contributed by atoms with E-state index in [2.05, 4.69) is 10.6 Å². The van der Waals surface area contributed by atoms with Crippen LogP contribution in [-0.2, 0) is 11.2 Å². The fourth-order valence-corrected chi connectivity index (χ4v) is 1.70. The second-order valence-electron chi connectivity index (χ2n) is 3.61. The maximum atomic E-state index is 11.1. The average Bonchev–Trinajstić information content (AvgIpc) is 2.17. The molecule has 0 radical (unpaired) electrons. The lowest BCUT2D eigenvalue weighted by atomic mass is 10.0. The molecule has 1 aliphatic heterocycles. The highest BCUT2D eigenvalue weighted by Crippen LogP contribution is 2.07. The highest BCUT2D eigenvalue weighted by atomic mass is 16.2. The summed E-state index contributed by atoms with van der Waals surface area (Å²) in [5, 5.41) is 4.93. The summed E-state index contributed by atoms with van der Waals surface area (Å²) in [4.78, 5) is 22.1. The molecule has 1 heterocycles. The summed E-state index contributed by atoms with van der Waals surface area (Å²) in [6.07, 6.45) is 1.04. The minimum absolute atomic E-state index is 0.0892. The molecule has 1 fully saturated rings. The van der Waals surface area contributed by atoms with Crippen LogP contribution < -0.4 is 10.6 Å². The van der Waals surface area contributed by atoms with Crippen LogP contribution in [-0.4, -0.2) is 18.0 Å². The number of nitrogens with one attached hydrogen (secondary N) is 2. The predicted octanol–water partition coefficient (Wildman–Crippen LogP) is 0.827. The molecule has 1 aliphatic rings. The van der Waals surface area contributed by atoms with Gasteiger partial charge in [-0.2, -0.15) is 0 Å². The number of carbonyl (C=O) groups is 2. The van der Waals surface area contributed by atoms with Crippen LogP contribution in [0.1, 0.15) is 12.0 Å². The lowest BCUT2D eigenvalue weighted by Gasteiger charge is -2.22. The van der Waals surface area contributed by atoms with E-state index in [0.717, 1.165) is 5.56 Å². The van der Waals surface area contributed by atoms with Crippen LogP contribution in [0, 0.1) is 0 Å². The zero-order valence-electron chi connectivity index (χ0n) is 8.19. The fraction of sp³-hybridized carbons (Fsp3) is 0.273. The van der Waals surface area contributed by atoms with Gasteiger partial charge in [0.15, 0.2) is 0 Å². The summed E-state index contributed by atoms with van der Waals surface area (Å²) >= 11 is 0. The van der Waals surface area contributed by atoms with Crippen LogP contribution in [0.25, 0.3) is 0 Å². The molecule has 1 unspecified atom stereocenters. The van der Waals surface area contributed by atoms with E-state index in [1.54, 1.807) is 0 Å². The Kier molecular flexibility index (Phi) is 2.67. The van der Waals surface area contributed by atoms with Crippen molar-refractivity contribution >= 4 is 11.9 Å². The first-order chi connectivity index (χ1) is 7.24. The molecule has 1 aromatic rings. The molecule has 1 atom stereocenters. The highest BCUT2D eigenvalue weighted by Gasteiger charge is 2.23. The van der Waals surface area contributed by atoms with Crippen molar-refractivity contribution < 1.29 is 9.59 Å². The fourth-order valence-electron chi connectivity index (χ4n) is 1.70. The normalized spacial score (nSPS) is 20.7. The van der Waals surface area contributed by atoms with Gasteiger partial charge in [-0.3, -0.25) is 10.1 Å². The van der Waals surface area contributed by atoms with Crippen molar-refractivity contribution in [2.24, 2.45) is 0 Å². The van der Waals surface area contributed by atoms with Crippen LogP contribution in [0.15, 0.2) is 30.3 Å². The van der Waals surface area contributed by atoms with Gasteiger partial charge in [-0.05, 0) is 12.0 Å². The maximum absolute atomic E-state index is 11.1. The summed E-state index contributed by atoms with van der Waals surface area (Å²) in [6.45, 7) is 0. The number of imide groups is 1. The smallest absolute Gasteiger partial charge is 0.321 e. The van der Waals surface area contributed by atoms with Crippen LogP contribution in [0.3, 0.4) is 0 Å². The maximum Gasteiger partial charge on any atom is 0.321 e. The Labute approximate surface area is 87.7 Å². The minimum atomic E-state index is -0.396. The van der Waals surface area contributed by atoms with Crippen molar-refractivity contribution in [1.82, 2.24) is 10.6 Å². The second kappa shape index (κ2) is 4.13. The van der Waals surface area contributed by atoms with E-state index in [-0.39, 0.29) is 11.9 Å². The van der Waals surface area contributed by atoms with E-state index >= 15 is 0 Å². The summed E-state index contributed by atoms with van der Waals surface area (Å²) in [6, 6.07) is 9.31. The third kappa shape index (κ3) is 2.56. The molecule has 15 heavy (non-hydrogen) atoms. The molecule has 0 aliphatic carbocycles. The predicted molar refractivity (Wildman–Crippen MR) is 55.2 cm³/mol. The third-order valence-electron chi connectivity index (χ3n) is 2.34. The largest absolute Gasteiger partial charge is 0.334 e. The number of hydrogen-bond donors (Lipinski definition) is 2. The topological polar surface area (TPSA) is 58.2 Å². The monoisotopic (exact) mass is 204 g/mol. The Hall–Kier alpha value is -1.84. The van der Waals surface area contributed by atoms with Crippen molar-refractivity contribution in [3.05, 3.63) is 35.9 Å². The van der Waals surface area contributed by atoms with E-state index in [0.29, 0.717) is 12.8 Å². The molecule has 0 spiro atoms. The van der Waals surface area contributed by atoms with Gasteiger partial charge in [0, 0.05) is 12.5 Å². The van der Waals surface area contributed by atoms with Crippen LogP contribution in [0.2, 0.25) is 0 Å².